The van der Waals surface area contributed by atoms with E-state index in [1.165, 1.54) is 4.40 Å². The number of nitrogens with one attached hydrogen (secondary N) is 1. The van der Waals surface area contributed by atoms with Crippen LogP contribution in [-0.2, 0) is 0 Å². The van der Waals surface area contributed by atoms with Gasteiger partial charge in [0.2, 0.25) is 0 Å². The van der Waals surface area contributed by atoms with Crippen LogP contribution in [0.25, 0.3) is 5.65 Å². The number of hydrogen-bond donors (Lipinski definition) is 1. The largest absolute Gasteiger partial charge is 0.316 e. The minimum Gasteiger partial charge on any atom is -0.316 e. The van der Waals surface area contributed by atoms with E-state index in [2.05, 4.69) is 26.2 Å². The molecule has 2 aromatic heterocycles. The zero-order valence-electron chi connectivity index (χ0n) is 12.6. The molecule has 0 aliphatic heterocycles. The summed E-state index contributed by atoms with van der Waals surface area (Å²) in [5, 5.41) is 2.68. The summed E-state index contributed by atoms with van der Waals surface area (Å²) < 4.78 is 2.24. The van der Waals surface area contributed by atoms with E-state index in [1.54, 1.807) is 37.4 Å². The number of rotatable bonds is 2. The highest BCUT2D eigenvalue weighted by atomic mass is 79.9. The number of pyridine rings is 1. The topological polar surface area (TPSA) is 63.5 Å². The zero-order chi connectivity index (χ0) is 16.6. The molecule has 0 aliphatic carbocycles. The molecule has 116 valence electrons. The molecule has 3 rings (SSSR count). The summed E-state index contributed by atoms with van der Waals surface area (Å²) in [6, 6.07) is 10.6. The molecule has 0 unspecified atom stereocenters. The number of aryl methyl sites for hydroxylation is 2. The fourth-order valence-corrected chi connectivity index (χ4v) is 2.76. The van der Waals surface area contributed by atoms with Crippen molar-refractivity contribution in [1.82, 2.24) is 9.38 Å². The van der Waals surface area contributed by atoms with Crippen molar-refractivity contribution >= 4 is 33.2 Å². The van der Waals surface area contributed by atoms with Crippen LogP contribution in [0.15, 0.2) is 51.9 Å². The van der Waals surface area contributed by atoms with Crippen LogP contribution < -0.4 is 10.9 Å². The average molecular weight is 372 g/mol. The Morgan fingerprint density at radius 3 is 2.74 bits per heavy atom. The Hall–Kier alpha value is -2.47. The third-order valence-corrected chi connectivity index (χ3v) is 4.05. The number of hydrogen-bond acceptors (Lipinski definition) is 3. The molecule has 0 fully saturated rings. The fourth-order valence-electron chi connectivity index (χ4n) is 2.36. The molecular weight excluding hydrogens is 358 g/mol. The lowest BCUT2D eigenvalue weighted by molar-refractivity contribution is 0.102. The Balaban J connectivity index is 2.07. The molecule has 1 aromatic carbocycles. The second kappa shape index (κ2) is 5.96. The standard InChI is InChI=1S/C17H14BrN3O2/c1-10-5-4-8-21-15(10)19-11(2)14(17(21)23)20-16(22)12-6-3-7-13(18)9-12/h3-9H,1-2H3,(H,20,22). The summed E-state index contributed by atoms with van der Waals surface area (Å²) in [5.74, 6) is -0.346. The molecule has 3 aromatic rings. The van der Waals surface area contributed by atoms with Gasteiger partial charge in [-0.25, -0.2) is 4.98 Å². The van der Waals surface area contributed by atoms with Crippen molar-refractivity contribution in [1.29, 1.82) is 0 Å². The SMILES string of the molecule is Cc1nc2c(C)cccn2c(=O)c1NC(=O)c1cccc(Br)c1. The van der Waals surface area contributed by atoms with Gasteiger partial charge < -0.3 is 5.32 Å². The van der Waals surface area contributed by atoms with Crippen molar-refractivity contribution in [3.05, 3.63) is 74.2 Å². The molecule has 0 spiro atoms. The molecule has 2 heterocycles. The molecule has 0 saturated carbocycles. The third-order valence-electron chi connectivity index (χ3n) is 3.56. The van der Waals surface area contributed by atoms with Gasteiger partial charge in [0.15, 0.2) is 0 Å². The summed E-state index contributed by atoms with van der Waals surface area (Å²) in [7, 11) is 0. The van der Waals surface area contributed by atoms with E-state index in [-0.39, 0.29) is 17.2 Å². The number of carbonyl (C=O) groups is 1. The van der Waals surface area contributed by atoms with Crippen LogP contribution in [0, 0.1) is 13.8 Å². The zero-order valence-corrected chi connectivity index (χ0v) is 14.2. The van der Waals surface area contributed by atoms with Gasteiger partial charge in [-0.2, -0.15) is 0 Å². The molecule has 0 atom stereocenters. The van der Waals surface area contributed by atoms with E-state index in [9.17, 15) is 9.59 Å². The number of carbonyl (C=O) groups excluding carboxylic acids is 1. The van der Waals surface area contributed by atoms with Crippen LogP contribution in [0.3, 0.4) is 0 Å². The minimum absolute atomic E-state index is 0.193. The fraction of sp³-hybridized carbons (Fsp3) is 0.118. The van der Waals surface area contributed by atoms with Crippen LogP contribution in [-0.4, -0.2) is 15.3 Å². The van der Waals surface area contributed by atoms with Crippen LogP contribution in [0.4, 0.5) is 5.69 Å². The molecule has 6 heteroatoms. The smallest absolute Gasteiger partial charge is 0.281 e. The van der Waals surface area contributed by atoms with E-state index in [0.29, 0.717) is 16.9 Å². The van der Waals surface area contributed by atoms with E-state index in [0.717, 1.165) is 10.0 Å². The molecule has 1 amide bonds. The lowest BCUT2D eigenvalue weighted by Gasteiger charge is -2.10. The van der Waals surface area contributed by atoms with Gasteiger partial charge in [0.1, 0.15) is 11.3 Å². The van der Waals surface area contributed by atoms with Gasteiger partial charge in [0.25, 0.3) is 11.5 Å². The molecule has 0 saturated heterocycles. The average Bonchev–Trinajstić information content (AvgIpc) is 2.52. The lowest BCUT2D eigenvalue weighted by atomic mass is 10.2. The maximum Gasteiger partial charge on any atom is 0.281 e. The number of nitrogens with zero attached hydrogens (tertiary/aromatic N) is 2. The number of fused-ring (bicyclic) bond motifs is 1. The Bertz CT molecular complexity index is 979. The number of anilines is 1. The van der Waals surface area contributed by atoms with Gasteiger partial charge in [-0.15, -0.1) is 0 Å². The van der Waals surface area contributed by atoms with Crippen molar-refractivity contribution in [2.75, 3.05) is 5.32 Å². The first-order valence-corrected chi connectivity index (χ1v) is 7.82. The van der Waals surface area contributed by atoms with E-state index in [1.807, 2.05) is 19.1 Å². The molecule has 23 heavy (non-hydrogen) atoms. The van der Waals surface area contributed by atoms with Gasteiger partial charge in [0, 0.05) is 16.2 Å². The van der Waals surface area contributed by atoms with Gasteiger partial charge in [-0.1, -0.05) is 28.1 Å². The molecule has 1 N–H and O–H groups in total. The quantitative estimate of drug-likeness (QED) is 0.751. The van der Waals surface area contributed by atoms with Gasteiger partial charge >= 0.3 is 0 Å². The highest BCUT2D eigenvalue weighted by molar-refractivity contribution is 9.10. The van der Waals surface area contributed by atoms with Crippen molar-refractivity contribution in [2.24, 2.45) is 0 Å². The highest BCUT2D eigenvalue weighted by Gasteiger charge is 2.14. The summed E-state index contributed by atoms with van der Waals surface area (Å²) >= 11 is 3.33. The first-order chi connectivity index (χ1) is 11.0. The molecule has 0 radical (unpaired) electrons. The van der Waals surface area contributed by atoms with Crippen molar-refractivity contribution in [3.8, 4) is 0 Å². The van der Waals surface area contributed by atoms with E-state index >= 15 is 0 Å². The third kappa shape index (κ3) is 2.90. The van der Waals surface area contributed by atoms with Gasteiger partial charge in [-0.05, 0) is 43.7 Å². The number of halogens is 1. The van der Waals surface area contributed by atoms with Gasteiger partial charge in [-0.3, -0.25) is 14.0 Å². The second-order valence-electron chi connectivity index (χ2n) is 5.23. The molecule has 0 bridgehead atoms. The number of benzene rings is 1. The Kier molecular flexibility index (Phi) is 4.00. The summed E-state index contributed by atoms with van der Waals surface area (Å²) in [5.41, 5.74) is 2.35. The van der Waals surface area contributed by atoms with Crippen LogP contribution in [0.5, 0.6) is 0 Å². The summed E-state index contributed by atoms with van der Waals surface area (Å²) in [6.07, 6.45) is 1.64. The van der Waals surface area contributed by atoms with E-state index in [4.69, 9.17) is 0 Å². The first kappa shape index (κ1) is 15.4. The van der Waals surface area contributed by atoms with Gasteiger partial charge in [0.05, 0.1) is 5.69 Å². The molecule has 0 aliphatic rings. The maximum absolute atomic E-state index is 12.6. The van der Waals surface area contributed by atoms with Crippen molar-refractivity contribution in [2.45, 2.75) is 13.8 Å². The predicted octanol–water partition coefficient (Wildman–Crippen LogP) is 3.33. The molecule has 5 nitrogen and oxygen atoms in total. The highest BCUT2D eigenvalue weighted by Crippen LogP contribution is 2.15. The lowest BCUT2D eigenvalue weighted by Crippen LogP contribution is -2.25. The number of aromatic nitrogens is 2. The summed E-state index contributed by atoms with van der Waals surface area (Å²) in [4.78, 5) is 29.4. The monoisotopic (exact) mass is 371 g/mol. The second-order valence-corrected chi connectivity index (χ2v) is 6.14. The Morgan fingerprint density at radius 1 is 1.22 bits per heavy atom. The minimum atomic E-state index is -0.346. The summed E-state index contributed by atoms with van der Waals surface area (Å²) in [6.45, 7) is 3.60. The van der Waals surface area contributed by atoms with Crippen LogP contribution in [0.2, 0.25) is 0 Å². The van der Waals surface area contributed by atoms with Crippen molar-refractivity contribution in [3.63, 3.8) is 0 Å². The number of amides is 1. The van der Waals surface area contributed by atoms with E-state index < -0.39 is 0 Å². The Morgan fingerprint density at radius 2 is 2.00 bits per heavy atom. The first-order valence-electron chi connectivity index (χ1n) is 7.03. The van der Waals surface area contributed by atoms with Crippen LogP contribution >= 0.6 is 15.9 Å². The normalized spacial score (nSPS) is 10.7. The Labute approximate surface area is 141 Å². The molecular formula is C17H14BrN3O2. The van der Waals surface area contributed by atoms with Crippen LogP contribution in [0.1, 0.15) is 21.6 Å². The van der Waals surface area contributed by atoms with Crippen molar-refractivity contribution < 1.29 is 4.79 Å². The maximum atomic E-state index is 12.6. The predicted molar refractivity (Wildman–Crippen MR) is 93.0 cm³/mol.